The molecule has 0 spiro atoms. The van der Waals surface area contributed by atoms with Gasteiger partial charge in [-0.1, -0.05) is 15.9 Å². The number of aromatic amines is 1. The minimum Gasteiger partial charge on any atom is -0.496 e. The highest BCUT2D eigenvalue weighted by atomic mass is 79.9. The molecule has 8 nitrogen and oxygen atoms in total. The zero-order valence-corrected chi connectivity index (χ0v) is 12.8. The first-order valence-corrected chi connectivity index (χ1v) is 6.71. The van der Waals surface area contributed by atoms with Crippen LogP contribution < -0.4 is 10.3 Å². The monoisotopic (exact) mass is 367 g/mol. The number of nitrogens with one attached hydrogen (secondary N) is 1. The van der Waals surface area contributed by atoms with Crippen LogP contribution in [0.5, 0.6) is 11.6 Å². The first-order valence-electron chi connectivity index (χ1n) is 5.91. The second-order valence-electron chi connectivity index (χ2n) is 4.10. The average Bonchev–Trinajstić information content (AvgIpc) is 2.44. The SMILES string of the molecule is COc1ccc(Br)cc1/C=C\c1nc(O)c([N+](=O)[O-])c(=O)[nH]1. The smallest absolute Gasteiger partial charge is 0.395 e. The molecular weight excluding hydrogens is 358 g/mol. The van der Waals surface area contributed by atoms with Gasteiger partial charge in [-0.25, -0.2) is 0 Å². The largest absolute Gasteiger partial charge is 0.496 e. The molecule has 2 rings (SSSR count). The average molecular weight is 368 g/mol. The van der Waals surface area contributed by atoms with Crippen molar-refractivity contribution in [3.63, 3.8) is 0 Å². The molecule has 2 N–H and O–H groups in total. The third kappa shape index (κ3) is 3.31. The lowest BCUT2D eigenvalue weighted by Gasteiger charge is -2.04. The van der Waals surface area contributed by atoms with E-state index in [2.05, 4.69) is 25.9 Å². The van der Waals surface area contributed by atoms with Crippen LogP contribution in [0.15, 0.2) is 27.5 Å². The summed E-state index contributed by atoms with van der Waals surface area (Å²) in [6.07, 6.45) is 2.99. The Morgan fingerprint density at radius 2 is 2.18 bits per heavy atom. The van der Waals surface area contributed by atoms with E-state index in [0.717, 1.165) is 4.47 Å². The summed E-state index contributed by atoms with van der Waals surface area (Å²) < 4.78 is 6.00. The van der Waals surface area contributed by atoms with Crippen LogP contribution in [0.4, 0.5) is 5.69 Å². The van der Waals surface area contributed by atoms with Crippen molar-refractivity contribution in [1.82, 2.24) is 9.97 Å². The van der Waals surface area contributed by atoms with E-state index >= 15 is 0 Å². The van der Waals surface area contributed by atoms with Gasteiger partial charge in [0.2, 0.25) is 0 Å². The van der Waals surface area contributed by atoms with E-state index in [1.54, 1.807) is 24.3 Å². The Hall–Kier alpha value is -2.68. The molecule has 0 amide bonds. The molecule has 0 saturated heterocycles. The normalized spacial score (nSPS) is 10.8. The van der Waals surface area contributed by atoms with E-state index in [0.29, 0.717) is 11.3 Å². The van der Waals surface area contributed by atoms with Gasteiger partial charge in [-0.3, -0.25) is 14.9 Å². The fourth-order valence-corrected chi connectivity index (χ4v) is 2.10. The van der Waals surface area contributed by atoms with Crippen molar-refractivity contribution in [2.75, 3.05) is 7.11 Å². The van der Waals surface area contributed by atoms with E-state index in [1.807, 2.05) is 0 Å². The van der Waals surface area contributed by atoms with Gasteiger partial charge < -0.3 is 14.8 Å². The number of H-pyrrole nitrogens is 1. The summed E-state index contributed by atoms with van der Waals surface area (Å²) >= 11 is 3.32. The van der Waals surface area contributed by atoms with Crippen molar-refractivity contribution in [2.24, 2.45) is 0 Å². The van der Waals surface area contributed by atoms with Crippen molar-refractivity contribution >= 4 is 33.8 Å². The van der Waals surface area contributed by atoms with Gasteiger partial charge in [0.05, 0.1) is 12.0 Å². The number of nitrogens with zero attached hydrogens (tertiary/aromatic N) is 2. The molecule has 0 atom stereocenters. The summed E-state index contributed by atoms with van der Waals surface area (Å²) in [5, 5.41) is 20.0. The lowest BCUT2D eigenvalue weighted by molar-refractivity contribution is -0.387. The number of aromatic hydroxyl groups is 1. The zero-order valence-electron chi connectivity index (χ0n) is 11.2. The second-order valence-corrected chi connectivity index (χ2v) is 5.02. The van der Waals surface area contributed by atoms with Crippen LogP contribution in [0.25, 0.3) is 12.2 Å². The van der Waals surface area contributed by atoms with Gasteiger partial charge in [0, 0.05) is 10.0 Å². The molecule has 0 fully saturated rings. The molecule has 2 aromatic rings. The summed E-state index contributed by atoms with van der Waals surface area (Å²) in [6, 6.07) is 5.32. The number of aromatic nitrogens is 2. The summed E-state index contributed by atoms with van der Waals surface area (Å²) in [6.45, 7) is 0. The number of hydrogen-bond acceptors (Lipinski definition) is 6. The standard InChI is InChI=1S/C13H10BrN3O5/c1-22-9-4-3-8(14)6-7(9)2-5-10-15-12(18)11(17(20)21)13(19)16-10/h2-6H,1H3,(H2,15,16,18,19)/b5-2-. The summed E-state index contributed by atoms with van der Waals surface area (Å²) in [4.78, 5) is 26.9. The number of nitro groups is 1. The number of benzene rings is 1. The molecule has 0 aliphatic rings. The maximum Gasteiger partial charge on any atom is 0.395 e. The number of ether oxygens (including phenoxy) is 1. The molecule has 114 valence electrons. The van der Waals surface area contributed by atoms with E-state index < -0.39 is 22.0 Å². The molecule has 0 bridgehead atoms. The van der Waals surface area contributed by atoms with Gasteiger partial charge >= 0.3 is 11.2 Å². The van der Waals surface area contributed by atoms with Gasteiger partial charge in [-0.15, -0.1) is 0 Å². The van der Waals surface area contributed by atoms with Crippen LogP contribution in [0, 0.1) is 10.1 Å². The van der Waals surface area contributed by atoms with Crippen LogP contribution in [-0.4, -0.2) is 27.1 Å². The Balaban J connectivity index is 2.41. The Kier molecular flexibility index (Phi) is 4.56. The maximum absolute atomic E-state index is 11.5. The van der Waals surface area contributed by atoms with Gasteiger partial charge in [-0.2, -0.15) is 4.98 Å². The summed E-state index contributed by atoms with van der Waals surface area (Å²) in [5.74, 6) is -0.363. The second kappa shape index (κ2) is 6.39. The number of halogens is 1. The highest BCUT2D eigenvalue weighted by Crippen LogP contribution is 2.25. The quantitative estimate of drug-likeness (QED) is 0.632. The predicted molar refractivity (Wildman–Crippen MR) is 82.8 cm³/mol. The maximum atomic E-state index is 11.5. The minimum atomic E-state index is -1.03. The van der Waals surface area contributed by atoms with E-state index in [4.69, 9.17) is 4.74 Å². The van der Waals surface area contributed by atoms with Gasteiger partial charge in [0.15, 0.2) is 0 Å². The molecule has 0 unspecified atom stereocenters. The molecule has 0 radical (unpaired) electrons. The third-order valence-corrected chi connectivity index (χ3v) is 3.18. The Bertz CT molecular complexity index is 816. The van der Waals surface area contributed by atoms with Crippen molar-refractivity contribution in [1.29, 1.82) is 0 Å². The number of rotatable bonds is 4. The minimum absolute atomic E-state index is 0.0184. The number of hydrogen-bond donors (Lipinski definition) is 2. The zero-order chi connectivity index (χ0) is 16.3. The van der Waals surface area contributed by atoms with E-state index in [9.17, 15) is 20.0 Å². The van der Waals surface area contributed by atoms with E-state index in [-0.39, 0.29) is 5.82 Å². The van der Waals surface area contributed by atoms with Crippen molar-refractivity contribution in [2.45, 2.75) is 0 Å². The first-order chi connectivity index (χ1) is 10.4. The van der Waals surface area contributed by atoms with E-state index in [1.165, 1.54) is 13.2 Å². The Morgan fingerprint density at radius 3 is 2.77 bits per heavy atom. The Labute approximate surface area is 132 Å². The van der Waals surface area contributed by atoms with Crippen LogP contribution in [-0.2, 0) is 0 Å². The summed E-state index contributed by atoms with van der Waals surface area (Å²) in [5.41, 5.74) is -1.33. The molecule has 0 aliphatic heterocycles. The lowest BCUT2D eigenvalue weighted by Crippen LogP contribution is -2.14. The first kappa shape index (κ1) is 15.7. The van der Waals surface area contributed by atoms with Crippen LogP contribution in [0.1, 0.15) is 11.4 Å². The fraction of sp³-hybridized carbons (Fsp3) is 0.0769. The Morgan fingerprint density at radius 1 is 1.45 bits per heavy atom. The van der Waals surface area contributed by atoms with Gasteiger partial charge in [-0.05, 0) is 30.4 Å². The third-order valence-electron chi connectivity index (χ3n) is 2.69. The molecular formula is C13H10BrN3O5. The molecule has 1 heterocycles. The fourth-order valence-electron chi connectivity index (χ4n) is 1.72. The van der Waals surface area contributed by atoms with Crippen molar-refractivity contribution < 1.29 is 14.8 Å². The molecule has 0 saturated carbocycles. The van der Waals surface area contributed by atoms with Crippen LogP contribution in [0.2, 0.25) is 0 Å². The van der Waals surface area contributed by atoms with Crippen molar-refractivity contribution in [3.05, 3.63) is 54.5 Å². The van der Waals surface area contributed by atoms with Crippen LogP contribution in [0.3, 0.4) is 0 Å². The van der Waals surface area contributed by atoms with Crippen molar-refractivity contribution in [3.8, 4) is 11.6 Å². The summed E-state index contributed by atoms with van der Waals surface area (Å²) in [7, 11) is 1.51. The lowest BCUT2D eigenvalue weighted by atomic mass is 10.2. The topological polar surface area (TPSA) is 118 Å². The molecule has 9 heteroatoms. The molecule has 0 aliphatic carbocycles. The van der Waals surface area contributed by atoms with Crippen LogP contribution >= 0.6 is 15.9 Å². The molecule has 22 heavy (non-hydrogen) atoms. The highest BCUT2D eigenvalue weighted by Gasteiger charge is 2.21. The predicted octanol–water partition coefficient (Wildman–Crippen LogP) is 2.33. The highest BCUT2D eigenvalue weighted by molar-refractivity contribution is 9.10. The number of methoxy groups -OCH3 is 1. The van der Waals surface area contributed by atoms with Gasteiger partial charge in [0.25, 0.3) is 5.88 Å². The molecule has 1 aromatic carbocycles. The van der Waals surface area contributed by atoms with Gasteiger partial charge in [0.1, 0.15) is 11.6 Å². The molecule has 1 aromatic heterocycles.